The number of likely N-dealkylation sites (tertiary alicyclic amines) is 1. The highest BCUT2D eigenvalue weighted by Crippen LogP contribution is 2.23. The molecule has 0 unspecified atom stereocenters. The molecule has 2 aliphatic rings. The Balaban J connectivity index is 1.45. The van der Waals surface area contributed by atoms with Gasteiger partial charge in [0.05, 0.1) is 6.04 Å². The van der Waals surface area contributed by atoms with Gasteiger partial charge in [-0.05, 0) is 55.0 Å². The zero-order chi connectivity index (χ0) is 18.8. The number of nitrogens with one attached hydrogen (secondary N) is 2. The summed E-state index contributed by atoms with van der Waals surface area (Å²) in [7, 11) is 0. The molecule has 0 bridgehead atoms. The predicted octanol–water partition coefficient (Wildman–Crippen LogP) is 2.64. The van der Waals surface area contributed by atoms with E-state index in [1.54, 1.807) is 4.90 Å². The first-order chi connectivity index (χ1) is 13.1. The summed E-state index contributed by atoms with van der Waals surface area (Å²) in [6.07, 6.45) is 2.26. The van der Waals surface area contributed by atoms with E-state index < -0.39 is 6.04 Å². The molecule has 2 heterocycles. The second kappa shape index (κ2) is 7.53. The van der Waals surface area contributed by atoms with Gasteiger partial charge in [0.15, 0.2) is 0 Å². The molecule has 2 aromatic rings. The van der Waals surface area contributed by atoms with Crippen molar-refractivity contribution < 1.29 is 9.59 Å². The molecule has 140 valence electrons. The third kappa shape index (κ3) is 3.74. The maximum atomic E-state index is 13.1. The van der Waals surface area contributed by atoms with Crippen molar-refractivity contribution in [1.29, 1.82) is 0 Å². The van der Waals surface area contributed by atoms with Crippen LogP contribution in [-0.2, 0) is 22.6 Å². The van der Waals surface area contributed by atoms with Crippen molar-refractivity contribution in [3.8, 4) is 0 Å². The van der Waals surface area contributed by atoms with Crippen LogP contribution in [0.15, 0.2) is 48.5 Å². The van der Waals surface area contributed by atoms with Crippen LogP contribution in [0.3, 0.4) is 0 Å². The Kier molecular flexibility index (Phi) is 4.94. The van der Waals surface area contributed by atoms with Crippen LogP contribution >= 0.6 is 0 Å². The summed E-state index contributed by atoms with van der Waals surface area (Å²) in [4.78, 5) is 27.7. The first-order valence-corrected chi connectivity index (χ1v) is 9.60. The molecule has 4 rings (SSSR count). The van der Waals surface area contributed by atoms with Crippen LogP contribution in [-0.4, -0.2) is 35.3 Å². The molecule has 0 spiro atoms. The minimum atomic E-state index is -0.392. The molecule has 0 saturated carbocycles. The Morgan fingerprint density at radius 1 is 1.11 bits per heavy atom. The van der Waals surface area contributed by atoms with Crippen LogP contribution in [0.1, 0.15) is 29.5 Å². The zero-order valence-electron chi connectivity index (χ0n) is 15.6. The Labute approximate surface area is 159 Å². The maximum absolute atomic E-state index is 13.1. The second-order valence-corrected chi connectivity index (χ2v) is 7.45. The molecule has 1 saturated heterocycles. The standard InChI is InChI=1S/C22H25N3O2/c1-15-6-4-9-18(12-15)24-21(26)20-10-5-11-25(20)22(27)19-13-16-7-2-3-8-17(16)14-23-19/h2-4,6-9,12,19-20,23H,5,10-11,13-14H2,1H3,(H,24,26)/t19-,20-/m0/s1. The molecule has 27 heavy (non-hydrogen) atoms. The SMILES string of the molecule is Cc1cccc(NC(=O)[C@@H]2CCCN2C(=O)[C@@H]2Cc3ccccc3CN2)c1. The number of hydrogen-bond acceptors (Lipinski definition) is 3. The quantitative estimate of drug-likeness (QED) is 0.881. The van der Waals surface area contributed by atoms with Crippen molar-refractivity contribution in [1.82, 2.24) is 10.2 Å². The number of carbonyl (C=O) groups is 2. The summed E-state index contributed by atoms with van der Waals surface area (Å²) in [5.41, 5.74) is 4.34. The molecular formula is C22H25N3O2. The lowest BCUT2D eigenvalue weighted by Gasteiger charge is -2.31. The first kappa shape index (κ1) is 17.7. The van der Waals surface area contributed by atoms with Crippen LogP contribution in [0, 0.1) is 6.92 Å². The predicted molar refractivity (Wildman–Crippen MR) is 105 cm³/mol. The molecule has 5 nitrogen and oxygen atoms in total. The van der Waals surface area contributed by atoms with Gasteiger partial charge in [0, 0.05) is 18.8 Å². The van der Waals surface area contributed by atoms with Crippen molar-refractivity contribution >= 4 is 17.5 Å². The Hall–Kier alpha value is -2.66. The number of aryl methyl sites for hydroxylation is 1. The number of hydrogen-bond donors (Lipinski definition) is 2. The van der Waals surface area contributed by atoms with Crippen LogP contribution < -0.4 is 10.6 Å². The van der Waals surface area contributed by atoms with E-state index in [0.717, 1.165) is 17.7 Å². The average Bonchev–Trinajstić information content (AvgIpc) is 3.17. The summed E-state index contributed by atoms with van der Waals surface area (Å²) in [5.74, 6) is -0.0611. The number of fused-ring (bicyclic) bond motifs is 1. The second-order valence-electron chi connectivity index (χ2n) is 7.45. The first-order valence-electron chi connectivity index (χ1n) is 9.60. The molecule has 1 fully saturated rings. The van der Waals surface area contributed by atoms with Gasteiger partial charge in [0.1, 0.15) is 6.04 Å². The third-order valence-corrected chi connectivity index (χ3v) is 5.50. The van der Waals surface area contributed by atoms with Crippen LogP contribution in [0.2, 0.25) is 0 Å². The van der Waals surface area contributed by atoms with E-state index in [1.165, 1.54) is 11.1 Å². The van der Waals surface area contributed by atoms with Gasteiger partial charge in [-0.1, -0.05) is 36.4 Å². The minimum Gasteiger partial charge on any atom is -0.329 e. The molecule has 2 atom stereocenters. The average molecular weight is 363 g/mol. The fraction of sp³-hybridized carbons (Fsp3) is 0.364. The summed E-state index contributed by atoms with van der Waals surface area (Å²) in [5, 5.41) is 6.32. The molecule has 0 aliphatic carbocycles. The van der Waals surface area contributed by atoms with Gasteiger partial charge < -0.3 is 15.5 Å². The number of rotatable bonds is 3. The molecule has 0 radical (unpaired) electrons. The molecular weight excluding hydrogens is 338 g/mol. The van der Waals surface area contributed by atoms with Gasteiger partial charge in [-0.15, -0.1) is 0 Å². The lowest BCUT2D eigenvalue weighted by molar-refractivity contribution is -0.138. The van der Waals surface area contributed by atoms with Crippen LogP contribution in [0.25, 0.3) is 0 Å². The van der Waals surface area contributed by atoms with E-state index in [0.29, 0.717) is 25.9 Å². The van der Waals surface area contributed by atoms with Crippen molar-refractivity contribution in [3.05, 3.63) is 65.2 Å². The lowest BCUT2D eigenvalue weighted by Crippen LogP contribution is -2.53. The largest absolute Gasteiger partial charge is 0.329 e. The fourth-order valence-electron chi connectivity index (χ4n) is 4.08. The highest BCUT2D eigenvalue weighted by molar-refractivity contribution is 5.98. The van der Waals surface area contributed by atoms with Crippen molar-refractivity contribution in [2.45, 2.75) is 44.8 Å². The van der Waals surface area contributed by atoms with Gasteiger partial charge >= 0.3 is 0 Å². The monoisotopic (exact) mass is 363 g/mol. The smallest absolute Gasteiger partial charge is 0.247 e. The van der Waals surface area contributed by atoms with E-state index in [4.69, 9.17) is 0 Å². The highest BCUT2D eigenvalue weighted by Gasteiger charge is 2.38. The summed E-state index contributed by atoms with van der Waals surface area (Å²) >= 11 is 0. The Bertz CT molecular complexity index is 864. The minimum absolute atomic E-state index is 0.0337. The molecule has 2 aliphatic heterocycles. The molecule has 2 aromatic carbocycles. The van der Waals surface area contributed by atoms with Crippen LogP contribution in [0.4, 0.5) is 5.69 Å². The van der Waals surface area contributed by atoms with Gasteiger partial charge in [0.25, 0.3) is 0 Å². The highest BCUT2D eigenvalue weighted by atomic mass is 16.2. The zero-order valence-corrected chi connectivity index (χ0v) is 15.6. The number of amides is 2. The number of anilines is 1. The van der Waals surface area contributed by atoms with Crippen molar-refractivity contribution in [3.63, 3.8) is 0 Å². The normalized spacial score (nSPS) is 21.6. The van der Waals surface area contributed by atoms with E-state index in [-0.39, 0.29) is 17.9 Å². The topological polar surface area (TPSA) is 61.4 Å². The van der Waals surface area contributed by atoms with Gasteiger partial charge in [-0.25, -0.2) is 0 Å². The molecule has 2 amide bonds. The Morgan fingerprint density at radius 2 is 1.93 bits per heavy atom. The van der Waals surface area contributed by atoms with Crippen molar-refractivity contribution in [2.75, 3.05) is 11.9 Å². The van der Waals surface area contributed by atoms with E-state index in [1.807, 2.05) is 43.3 Å². The van der Waals surface area contributed by atoms with Gasteiger partial charge in [-0.3, -0.25) is 9.59 Å². The summed E-state index contributed by atoms with van der Waals surface area (Å²) in [6.45, 7) is 3.33. The molecule has 5 heteroatoms. The third-order valence-electron chi connectivity index (χ3n) is 5.50. The summed E-state index contributed by atoms with van der Waals surface area (Å²) < 4.78 is 0. The van der Waals surface area contributed by atoms with Crippen molar-refractivity contribution in [2.24, 2.45) is 0 Å². The molecule has 0 aromatic heterocycles. The van der Waals surface area contributed by atoms with Gasteiger partial charge in [0.2, 0.25) is 11.8 Å². The van der Waals surface area contributed by atoms with E-state index in [2.05, 4.69) is 22.8 Å². The van der Waals surface area contributed by atoms with Gasteiger partial charge in [-0.2, -0.15) is 0 Å². The summed E-state index contributed by atoms with van der Waals surface area (Å²) in [6, 6.07) is 15.3. The number of benzene rings is 2. The number of carbonyl (C=O) groups excluding carboxylic acids is 2. The number of nitrogens with zero attached hydrogens (tertiary/aromatic N) is 1. The lowest BCUT2D eigenvalue weighted by atomic mass is 9.95. The Morgan fingerprint density at radius 3 is 2.74 bits per heavy atom. The fourth-order valence-corrected chi connectivity index (χ4v) is 4.08. The van der Waals surface area contributed by atoms with E-state index >= 15 is 0 Å². The molecule has 2 N–H and O–H groups in total. The maximum Gasteiger partial charge on any atom is 0.247 e. The van der Waals surface area contributed by atoms with E-state index in [9.17, 15) is 9.59 Å². The van der Waals surface area contributed by atoms with Crippen LogP contribution in [0.5, 0.6) is 0 Å².